The van der Waals surface area contributed by atoms with Crippen molar-refractivity contribution >= 4 is 33.4 Å². The number of anilines is 1. The van der Waals surface area contributed by atoms with E-state index in [-0.39, 0.29) is 18.4 Å². The lowest BCUT2D eigenvalue weighted by atomic mass is 10.2. The monoisotopic (exact) mass is 418 g/mol. The van der Waals surface area contributed by atoms with E-state index in [0.29, 0.717) is 19.4 Å². The van der Waals surface area contributed by atoms with Crippen LogP contribution in [0.15, 0.2) is 53.0 Å². The van der Waals surface area contributed by atoms with Crippen LogP contribution in [0.5, 0.6) is 5.75 Å². The zero-order valence-electron chi connectivity index (χ0n) is 15.0. The van der Waals surface area contributed by atoms with Gasteiger partial charge in [0, 0.05) is 23.6 Å². The summed E-state index contributed by atoms with van der Waals surface area (Å²) in [5.74, 6) is 0.467. The molecule has 2 aromatic rings. The van der Waals surface area contributed by atoms with Gasteiger partial charge in [0.1, 0.15) is 5.75 Å². The van der Waals surface area contributed by atoms with Gasteiger partial charge < -0.3 is 15.0 Å². The van der Waals surface area contributed by atoms with Crippen LogP contribution >= 0.6 is 15.9 Å². The van der Waals surface area contributed by atoms with E-state index >= 15 is 0 Å². The highest BCUT2D eigenvalue weighted by Gasteiger charge is 2.13. The fraction of sp³-hybridized carbons (Fsp3) is 0.300. The second-order valence-electron chi connectivity index (χ2n) is 6.07. The summed E-state index contributed by atoms with van der Waals surface area (Å²) in [5, 5.41) is 2.79. The van der Waals surface area contributed by atoms with E-state index in [2.05, 4.69) is 21.2 Å². The predicted octanol–water partition coefficient (Wildman–Crippen LogP) is 4.01. The number of amides is 2. The fourth-order valence-corrected chi connectivity index (χ4v) is 2.68. The van der Waals surface area contributed by atoms with Crippen molar-refractivity contribution < 1.29 is 14.3 Å². The highest BCUT2D eigenvalue weighted by atomic mass is 79.9. The SMILES string of the molecule is Cc1ccc(NC(=O)CN(C)C(=O)CCCOc2cccc(Br)c2)cc1. The van der Waals surface area contributed by atoms with Crippen molar-refractivity contribution in [2.75, 3.05) is 25.5 Å². The molecule has 2 rings (SSSR count). The quantitative estimate of drug-likeness (QED) is 0.658. The summed E-state index contributed by atoms with van der Waals surface area (Å²) in [4.78, 5) is 25.6. The van der Waals surface area contributed by atoms with Gasteiger partial charge >= 0.3 is 0 Å². The number of hydrogen-bond donors (Lipinski definition) is 1. The van der Waals surface area contributed by atoms with Crippen LogP contribution < -0.4 is 10.1 Å². The Morgan fingerprint density at radius 2 is 1.88 bits per heavy atom. The molecule has 0 aliphatic carbocycles. The summed E-state index contributed by atoms with van der Waals surface area (Å²) in [5.41, 5.74) is 1.85. The van der Waals surface area contributed by atoms with Crippen molar-refractivity contribution in [3.05, 3.63) is 58.6 Å². The zero-order chi connectivity index (χ0) is 18.9. The van der Waals surface area contributed by atoms with Gasteiger partial charge in [-0.2, -0.15) is 0 Å². The minimum Gasteiger partial charge on any atom is -0.494 e. The van der Waals surface area contributed by atoms with Crippen molar-refractivity contribution in [1.29, 1.82) is 0 Å². The lowest BCUT2D eigenvalue weighted by Crippen LogP contribution is -2.34. The van der Waals surface area contributed by atoms with Gasteiger partial charge in [0.05, 0.1) is 13.2 Å². The Kier molecular flexibility index (Phi) is 7.66. The molecule has 0 fully saturated rings. The lowest BCUT2D eigenvalue weighted by Gasteiger charge is -2.17. The highest BCUT2D eigenvalue weighted by molar-refractivity contribution is 9.10. The molecule has 0 spiro atoms. The molecule has 0 aliphatic rings. The van der Waals surface area contributed by atoms with Gasteiger partial charge in [-0.25, -0.2) is 0 Å². The van der Waals surface area contributed by atoms with Gasteiger partial charge in [-0.15, -0.1) is 0 Å². The maximum Gasteiger partial charge on any atom is 0.243 e. The fourth-order valence-electron chi connectivity index (χ4n) is 2.30. The highest BCUT2D eigenvalue weighted by Crippen LogP contribution is 2.18. The molecule has 0 saturated heterocycles. The summed E-state index contributed by atoms with van der Waals surface area (Å²) in [7, 11) is 1.63. The number of likely N-dealkylation sites (N-methyl/N-ethyl adjacent to an activating group) is 1. The predicted molar refractivity (Wildman–Crippen MR) is 106 cm³/mol. The number of halogens is 1. The van der Waals surface area contributed by atoms with Crippen molar-refractivity contribution in [2.24, 2.45) is 0 Å². The number of aryl methyl sites for hydroxylation is 1. The van der Waals surface area contributed by atoms with Crippen LogP contribution in [0, 0.1) is 6.92 Å². The van der Waals surface area contributed by atoms with Crippen molar-refractivity contribution in [1.82, 2.24) is 4.90 Å². The molecule has 0 saturated carbocycles. The number of benzene rings is 2. The summed E-state index contributed by atoms with van der Waals surface area (Å²) in [6.07, 6.45) is 0.928. The number of hydrogen-bond acceptors (Lipinski definition) is 3. The molecular formula is C20H23BrN2O3. The molecule has 0 aromatic heterocycles. The number of rotatable bonds is 8. The maximum absolute atomic E-state index is 12.1. The third-order valence-corrected chi connectivity index (χ3v) is 4.23. The van der Waals surface area contributed by atoms with Gasteiger partial charge in [-0.05, 0) is 43.7 Å². The molecule has 26 heavy (non-hydrogen) atoms. The van der Waals surface area contributed by atoms with Crippen LogP contribution in [0.2, 0.25) is 0 Å². The summed E-state index contributed by atoms with van der Waals surface area (Å²) in [6, 6.07) is 15.1. The van der Waals surface area contributed by atoms with E-state index in [9.17, 15) is 9.59 Å². The van der Waals surface area contributed by atoms with Crippen LogP contribution in [-0.4, -0.2) is 36.9 Å². The van der Waals surface area contributed by atoms with E-state index in [4.69, 9.17) is 4.74 Å². The van der Waals surface area contributed by atoms with E-state index in [1.807, 2.05) is 55.5 Å². The average molecular weight is 419 g/mol. The van der Waals surface area contributed by atoms with E-state index in [1.54, 1.807) is 7.05 Å². The minimum atomic E-state index is -0.213. The molecule has 2 aromatic carbocycles. The third kappa shape index (κ3) is 6.88. The molecule has 0 aliphatic heterocycles. The Hall–Kier alpha value is -2.34. The molecule has 0 heterocycles. The van der Waals surface area contributed by atoms with Crippen LogP contribution in [0.25, 0.3) is 0 Å². The largest absolute Gasteiger partial charge is 0.494 e. The normalized spacial score (nSPS) is 10.3. The number of carbonyl (C=O) groups is 2. The summed E-state index contributed by atoms with van der Waals surface area (Å²) >= 11 is 3.38. The Bertz CT molecular complexity index is 747. The third-order valence-electron chi connectivity index (χ3n) is 3.74. The molecular weight excluding hydrogens is 396 g/mol. The van der Waals surface area contributed by atoms with Crippen LogP contribution in [0.3, 0.4) is 0 Å². The first kappa shape index (κ1) is 20.0. The number of nitrogens with zero attached hydrogens (tertiary/aromatic N) is 1. The van der Waals surface area contributed by atoms with Gasteiger partial charge in [-0.1, -0.05) is 39.7 Å². The summed E-state index contributed by atoms with van der Waals surface area (Å²) in [6.45, 7) is 2.46. The van der Waals surface area contributed by atoms with Crippen LogP contribution in [0.4, 0.5) is 5.69 Å². The first-order chi connectivity index (χ1) is 12.4. The number of ether oxygens (including phenoxy) is 1. The number of nitrogens with one attached hydrogen (secondary N) is 1. The smallest absolute Gasteiger partial charge is 0.243 e. The second-order valence-corrected chi connectivity index (χ2v) is 6.99. The van der Waals surface area contributed by atoms with E-state index < -0.39 is 0 Å². The standard InChI is InChI=1S/C20H23BrN2O3/c1-15-8-10-17(11-9-15)22-19(24)14-23(2)20(25)7-4-12-26-18-6-3-5-16(21)13-18/h3,5-6,8-11,13H,4,7,12,14H2,1-2H3,(H,22,24). The Morgan fingerprint density at radius 3 is 2.58 bits per heavy atom. The van der Waals surface area contributed by atoms with Crippen molar-refractivity contribution in [2.45, 2.75) is 19.8 Å². The number of carbonyl (C=O) groups excluding carboxylic acids is 2. The first-order valence-corrected chi connectivity index (χ1v) is 9.22. The molecule has 1 N–H and O–H groups in total. The van der Waals surface area contributed by atoms with Gasteiger partial charge in [0.25, 0.3) is 0 Å². The Balaban J connectivity index is 1.68. The van der Waals surface area contributed by atoms with Gasteiger partial charge in [0.15, 0.2) is 0 Å². The molecule has 0 radical (unpaired) electrons. The molecule has 138 valence electrons. The lowest BCUT2D eigenvalue weighted by molar-refractivity contribution is -0.133. The Morgan fingerprint density at radius 1 is 1.15 bits per heavy atom. The van der Waals surface area contributed by atoms with Crippen LogP contribution in [-0.2, 0) is 9.59 Å². The molecule has 6 heteroatoms. The van der Waals surface area contributed by atoms with Gasteiger partial charge in [-0.3, -0.25) is 9.59 Å². The van der Waals surface area contributed by atoms with Crippen molar-refractivity contribution in [3.8, 4) is 5.75 Å². The topological polar surface area (TPSA) is 58.6 Å². The molecule has 0 atom stereocenters. The molecule has 0 unspecified atom stereocenters. The van der Waals surface area contributed by atoms with E-state index in [1.165, 1.54) is 4.90 Å². The summed E-state index contributed by atoms with van der Waals surface area (Å²) < 4.78 is 6.56. The average Bonchev–Trinajstić information content (AvgIpc) is 2.60. The first-order valence-electron chi connectivity index (χ1n) is 8.43. The van der Waals surface area contributed by atoms with Crippen molar-refractivity contribution in [3.63, 3.8) is 0 Å². The van der Waals surface area contributed by atoms with E-state index in [0.717, 1.165) is 21.5 Å². The molecule has 2 amide bonds. The minimum absolute atomic E-state index is 0.0270. The zero-order valence-corrected chi connectivity index (χ0v) is 16.6. The van der Waals surface area contributed by atoms with Crippen LogP contribution in [0.1, 0.15) is 18.4 Å². The maximum atomic E-state index is 12.1. The second kappa shape index (κ2) is 9.97. The molecule has 5 nitrogen and oxygen atoms in total. The van der Waals surface area contributed by atoms with Gasteiger partial charge in [0.2, 0.25) is 11.8 Å². The Labute approximate surface area is 162 Å². The molecule has 0 bridgehead atoms.